The second kappa shape index (κ2) is 22.0. The van der Waals surface area contributed by atoms with Crippen LogP contribution in [0.3, 0.4) is 0 Å². The Kier molecular flexibility index (Phi) is 16.8. The molecule has 0 aliphatic carbocycles. The van der Waals surface area contributed by atoms with Gasteiger partial charge in [-0.3, -0.25) is 4.90 Å². The van der Waals surface area contributed by atoms with Crippen LogP contribution in [0.5, 0.6) is 0 Å². The molecule has 53 heavy (non-hydrogen) atoms. The highest BCUT2D eigenvalue weighted by Gasteiger charge is 2.24. The number of carbonyl (C=O) groups excluding carboxylic acids is 4. The standard InChI is InChI=1S/C20H22N2O4.C11H14N2O2.C9H9BrO2/c1-25-19(23)17-7-5-6-16(14-17)15-22(18-8-3-2-4-9-18)20(24)21-10-12-26-13-11-21;14-11(13-6-8-15-9-7-13)12-10-4-2-1-3-5-10;1-12-9(11)8-4-2-3-7(5-8)6-10/h2-9,14H,10-13,15H2,1H3;1-5H,6-9H2,(H,12,14);2-5H,6H2,1H3. The molecule has 0 spiro atoms. The third kappa shape index (κ3) is 13.0. The number of ether oxygens (including phenoxy) is 4. The van der Waals surface area contributed by atoms with Crippen LogP contribution in [0.2, 0.25) is 0 Å². The van der Waals surface area contributed by atoms with Crippen LogP contribution in [0.4, 0.5) is 21.0 Å². The van der Waals surface area contributed by atoms with Crippen LogP contribution < -0.4 is 10.2 Å². The second-order valence-corrected chi connectivity index (χ2v) is 12.3. The molecule has 0 saturated carbocycles. The van der Waals surface area contributed by atoms with E-state index >= 15 is 0 Å². The first-order chi connectivity index (χ1) is 25.8. The minimum Gasteiger partial charge on any atom is -0.465 e. The van der Waals surface area contributed by atoms with E-state index in [9.17, 15) is 19.2 Å². The molecule has 4 amide bonds. The van der Waals surface area contributed by atoms with Gasteiger partial charge in [0.15, 0.2) is 0 Å². The van der Waals surface area contributed by atoms with E-state index in [0.717, 1.165) is 27.8 Å². The van der Waals surface area contributed by atoms with Crippen molar-refractivity contribution in [1.82, 2.24) is 9.80 Å². The molecule has 2 aliphatic rings. The molecule has 2 saturated heterocycles. The van der Waals surface area contributed by atoms with Crippen molar-refractivity contribution in [3.05, 3.63) is 131 Å². The lowest BCUT2D eigenvalue weighted by Gasteiger charge is -2.33. The van der Waals surface area contributed by atoms with E-state index in [1.54, 1.807) is 45.0 Å². The number of alkyl halides is 1. The van der Waals surface area contributed by atoms with Gasteiger partial charge in [-0.1, -0.05) is 76.6 Å². The summed E-state index contributed by atoms with van der Waals surface area (Å²) < 4.78 is 19.9. The lowest BCUT2D eigenvalue weighted by atomic mass is 10.1. The van der Waals surface area contributed by atoms with Crippen molar-refractivity contribution in [2.45, 2.75) is 11.9 Å². The van der Waals surface area contributed by atoms with E-state index in [4.69, 9.17) is 14.2 Å². The Morgan fingerprint density at radius 1 is 0.660 bits per heavy atom. The number of halogens is 1. The number of nitrogens with one attached hydrogen (secondary N) is 1. The zero-order chi connectivity index (χ0) is 37.8. The van der Waals surface area contributed by atoms with Gasteiger partial charge in [-0.2, -0.15) is 0 Å². The number of nitrogens with zero attached hydrogens (tertiary/aromatic N) is 3. The van der Waals surface area contributed by atoms with Crippen molar-refractivity contribution in [2.24, 2.45) is 0 Å². The number of anilines is 2. The van der Waals surface area contributed by atoms with E-state index in [0.29, 0.717) is 70.3 Å². The minimum absolute atomic E-state index is 0.0514. The molecule has 4 aromatic carbocycles. The smallest absolute Gasteiger partial charge is 0.337 e. The van der Waals surface area contributed by atoms with Crippen LogP contribution in [-0.4, -0.2) is 101 Å². The molecule has 2 heterocycles. The lowest BCUT2D eigenvalue weighted by Crippen LogP contribution is -2.48. The second-order valence-electron chi connectivity index (χ2n) is 11.7. The summed E-state index contributed by atoms with van der Waals surface area (Å²) in [5, 5.41) is 3.59. The van der Waals surface area contributed by atoms with Gasteiger partial charge in [-0.15, -0.1) is 0 Å². The summed E-state index contributed by atoms with van der Waals surface area (Å²) in [6.07, 6.45) is 0. The average molecular weight is 790 g/mol. The Labute approximate surface area is 318 Å². The van der Waals surface area contributed by atoms with Crippen molar-refractivity contribution in [1.29, 1.82) is 0 Å². The number of hydrogen-bond acceptors (Lipinski definition) is 8. The van der Waals surface area contributed by atoms with Crippen LogP contribution in [0.25, 0.3) is 0 Å². The first-order valence-electron chi connectivity index (χ1n) is 17.1. The van der Waals surface area contributed by atoms with Crippen LogP contribution in [0.15, 0.2) is 109 Å². The van der Waals surface area contributed by atoms with Gasteiger partial charge in [-0.25, -0.2) is 19.2 Å². The van der Waals surface area contributed by atoms with Crippen LogP contribution in [-0.2, 0) is 30.8 Å². The molecule has 13 heteroatoms. The molecule has 4 aromatic rings. The van der Waals surface area contributed by atoms with Crippen LogP contribution >= 0.6 is 15.9 Å². The zero-order valence-electron chi connectivity index (χ0n) is 29.9. The normalized spacial score (nSPS) is 13.6. The first kappa shape index (κ1) is 40.5. The lowest BCUT2D eigenvalue weighted by molar-refractivity contribution is 0.0548. The molecule has 0 bridgehead atoms. The molecule has 0 radical (unpaired) electrons. The monoisotopic (exact) mass is 788 g/mol. The maximum Gasteiger partial charge on any atom is 0.337 e. The quantitative estimate of drug-likeness (QED) is 0.159. The Hall–Kier alpha value is -5.24. The molecule has 6 rings (SSSR count). The molecular weight excluding hydrogens is 744 g/mol. The fourth-order valence-electron chi connectivity index (χ4n) is 5.29. The number of urea groups is 2. The fourth-order valence-corrected chi connectivity index (χ4v) is 5.64. The number of benzene rings is 4. The minimum atomic E-state index is -0.391. The molecule has 0 unspecified atom stereocenters. The molecule has 280 valence electrons. The van der Waals surface area contributed by atoms with Gasteiger partial charge in [0.05, 0.1) is 58.3 Å². The highest BCUT2D eigenvalue weighted by atomic mass is 79.9. The molecule has 2 aliphatic heterocycles. The van der Waals surface area contributed by atoms with E-state index in [1.165, 1.54) is 14.2 Å². The van der Waals surface area contributed by atoms with Gasteiger partial charge in [0, 0.05) is 42.9 Å². The van der Waals surface area contributed by atoms with Crippen LogP contribution in [0, 0.1) is 0 Å². The largest absolute Gasteiger partial charge is 0.465 e. The van der Waals surface area contributed by atoms with Crippen molar-refractivity contribution in [2.75, 3.05) is 77.0 Å². The summed E-state index contributed by atoms with van der Waals surface area (Å²) >= 11 is 3.31. The number of methoxy groups -OCH3 is 2. The Balaban J connectivity index is 0.000000196. The zero-order valence-corrected chi connectivity index (χ0v) is 31.5. The van der Waals surface area contributed by atoms with Gasteiger partial charge in [0.25, 0.3) is 0 Å². The maximum atomic E-state index is 13.1. The van der Waals surface area contributed by atoms with Gasteiger partial charge in [0.1, 0.15) is 0 Å². The van der Waals surface area contributed by atoms with E-state index in [1.807, 2.05) is 78.9 Å². The number of hydrogen-bond donors (Lipinski definition) is 1. The van der Waals surface area contributed by atoms with Gasteiger partial charge in [0.2, 0.25) is 0 Å². The van der Waals surface area contributed by atoms with Gasteiger partial charge >= 0.3 is 24.0 Å². The summed E-state index contributed by atoms with van der Waals surface area (Å²) in [6, 6.07) is 33.4. The summed E-state index contributed by atoms with van der Waals surface area (Å²) in [5.41, 5.74) is 4.63. The predicted octanol–water partition coefficient (Wildman–Crippen LogP) is 6.85. The SMILES string of the molecule is COC(=O)c1cccc(CBr)c1.COC(=O)c1cccc(CN(C(=O)N2CCOCC2)c2ccccc2)c1.O=C(Nc1ccccc1)N1CCOCC1. The number of morpholine rings is 2. The maximum absolute atomic E-state index is 13.1. The van der Waals surface area contributed by atoms with E-state index < -0.39 is 5.97 Å². The molecule has 1 N–H and O–H groups in total. The summed E-state index contributed by atoms with van der Waals surface area (Å²) in [4.78, 5) is 52.9. The number of para-hydroxylation sites is 2. The Bertz CT molecular complexity index is 1750. The van der Waals surface area contributed by atoms with Crippen molar-refractivity contribution < 1.29 is 38.1 Å². The van der Waals surface area contributed by atoms with Crippen molar-refractivity contribution in [3.8, 4) is 0 Å². The number of carbonyl (C=O) groups is 4. The van der Waals surface area contributed by atoms with Crippen molar-refractivity contribution in [3.63, 3.8) is 0 Å². The average Bonchev–Trinajstić information content (AvgIpc) is 3.23. The third-order valence-electron chi connectivity index (χ3n) is 8.09. The number of rotatable bonds is 7. The molecule has 0 aromatic heterocycles. The van der Waals surface area contributed by atoms with E-state index in [-0.39, 0.29) is 18.0 Å². The number of esters is 2. The predicted molar refractivity (Wildman–Crippen MR) is 206 cm³/mol. The molecular formula is C40H45BrN4O8. The first-order valence-corrected chi connectivity index (χ1v) is 18.2. The summed E-state index contributed by atoms with van der Waals surface area (Å²) in [5.74, 6) is -0.685. The van der Waals surface area contributed by atoms with Gasteiger partial charge < -0.3 is 34.1 Å². The molecule has 2 fully saturated rings. The summed E-state index contributed by atoms with van der Waals surface area (Å²) in [7, 11) is 2.73. The van der Waals surface area contributed by atoms with Gasteiger partial charge in [-0.05, 0) is 59.7 Å². The van der Waals surface area contributed by atoms with E-state index in [2.05, 4.69) is 26.0 Å². The van der Waals surface area contributed by atoms with Crippen LogP contribution in [0.1, 0.15) is 31.8 Å². The number of amides is 4. The molecule has 12 nitrogen and oxygen atoms in total. The Morgan fingerprint density at radius 2 is 1.15 bits per heavy atom. The highest BCUT2D eigenvalue weighted by molar-refractivity contribution is 9.08. The fraction of sp³-hybridized carbons (Fsp3) is 0.300. The molecule has 0 atom stereocenters. The highest BCUT2D eigenvalue weighted by Crippen LogP contribution is 2.20. The summed E-state index contributed by atoms with van der Waals surface area (Å²) in [6.45, 7) is 5.19. The Morgan fingerprint density at radius 3 is 1.68 bits per heavy atom. The topological polar surface area (TPSA) is 127 Å². The third-order valence-corrected chi connectivity index (χ3v) is 8.74. The van der Waals surface area contributed by atoms with Crippen molar-refractivity contribution >= 4 is 51.3 Å².